The summed E-state index contributed by atoms with van der Waals surface area (Å²) >= 11 is 12.4. The summed E-state index contributed by atoms with van der Waals surface area (Å²) in [4.78, 5) is 12.6. The Bertz CT molecular complexity index is 996. The zero-order chi connectivity index (χ0) is 21.3. The number of benzene rings is 3. The summed E-state index contributed by atoms with van der Waals surface area (Å²) in [5.41, 5.74) is 2.16. The van der Waals surface area contributed by atoms with Gasteiger partial charge in [-0.2, -0.15) is 0 Å². The maximum atomic E-state index is 12.6. The van der Waals surface area contributed by atoms with E-state index in [2.05, 4.69) is 5.32 Å². The van der Waals surface area contributed by atoms with E-state index in [1.807, 2.05) is 30.3 Å². The van der Waals surface area contributed by atoms with E-state index in [4.69, 9.17) is 37.4 Å². The summed E-state index contributed by atoms with van der Waals surface area (Å²) in [6, 6.07) is 20.0. The van der Waals surface area contributed by atoms with Crippen molar-refractivity contribution in [3.8, 4) is 11.5 Å². The molecule has 1 N–H and O–H groups in total. The minimum absolute atomic E-state index is 0.0996. The topological polar surface area (TPSA) is 56.8 Å². The molecule has 30 heavy (non-hydrogen) atoms. The van der Waals surface area contributed by atoms with Crippen molar-refractivity contribution in [1.29, 1.82) is 0 Å². The van der Waals surface area contributed by atoms with Crippen LogP contribution in [0.25, 0.3) is 0 Å². The molecule has 3 aromatic rings. The fourth-order valence-electron chi connectivity index (χ4n) is 2.73. The van der Waals surface area contributed by atoms with E-state index < -0.39 is 0 Å². The number of hydrogen-bond acceptors (Lipinski definition) is 4. The number of carbonyl (C=O) groups excluding carboxylic acids is 1. The van der Waals surface area contributed by atoms with Gasteiger partial charge >= 0.3 is 0 Å². The average molecular weight is 446 g/mol. The molecule has 0 aromatic heterocycles. The van der Waals surface area contributed by atoms with Crippen LogP contribution in [0, 0.1) is 0 Å². The van der Waals surface area contributed by atoms with E-state index in [1.54, 1.807) is 36.4 Å². The molecular weight excluding hydrogens is 425 g/mol. The van der Waals surface area contributed by atoms with Crippen LogP contribution in [0.1, 0.15) is 21.5 Å². The number of ether oxygens (including phenoxy) is 3. The maximum Gasteiger partial charge on any atom is 0.253 e. The Morgan fingerprint density at radius 2 is 1.77 bits per heavy atom. The van der Waals surface area contributed by atoms with Crippen molar-refractivity contribution in [2.24, 2.45) is 0 Å². The van der Waals surface area contributed by atoms with Gasteiger partial charge in [-0.3, -0.25) is 4.79 Å². The molecule has 7 heteroatoms. The van der Waals surface area contributed by atoms with Gasteiger partial charge in [0.1, 0.15) is 18.1 Å². The largest absolute Gasteiger partial charge is 0.489 e. The first kappa shape index (κ1) is 22.0. The molecule has 0 unspecified atom stereocenters. The van der Waals surface area contributed by atoms with E-state index in [0.29, 0.717) is 28.7 Å². The van der Waals surface area contributed by atoms with Gasteiger partial charge in [0, 0.05) is 24.2 Å². The van der Waals surface area contributed by atoms with Gasteiger partial charge in [-0.1, -0.05) is 53.5 Å². The molecule has 5 nitrogen and oxygen atoms in total. The maximum absolute atomic E-state index is 12.6. The van der Waals surface area contributed by atoms with Crippen molar-refractivity contribution in [2.75, 3.05) is 13.9 Å². The van der Waals surface area contributed by atoms with Crippen LogP contribution in [0.4, 0.5) is 0 Å². The summed E-state index contributed by atoms with van der Waals surface area (Å²) in [7, 11) is 1.52. The van der Waals surface area contributed by atoms with Crippen LogP contribution in [0.3, 0.4) is 0 Å². The molecule has 0 fully saturated rings. The minimum atomic E-state index is -0.313. The number of methoxy groups -OCH3 is 1. The molecule has 156 valence electrons. The minimum Gasteiger partial charge on any atom is -0.489 e. The van der Waals surface area contributed by atoms with Crippen molar-refractivity contribution in [1.82, 2.24) is 5.32 Å². The zero-order valence-corrected chi connectivity index (χ0v) is 17.9. The smallest absolute Gasteiger partial charge is 0.253 e. The van der Waals surface area contributed by atoms with Gasteiger partial charge in [-0.25, -0.2) is 0 Å². The van der Waals surface area contributed by atoms with Crippen molar-refractivity contribution in [3.05, 3.63) is 93.5 Å². The van der Waals surface area contributed by atoms with E-state index in [1.165, 1.54) is 7.11 Å². The Morgan fingerprint density at radius 3 is 2.50 bits per heavy atom. The number of rotatable bonds is 9. The van der Waals surface area contributed by atoms with Crippen molar-refractivity contribution < 1.29 is 19.0 Å². The molecule has 0 heterocycles. The van der Waals surface area contributed by atoms with Crippen LogP contribution in [0.15, 0.2) is 66.7 Å². The van der Waals surface area contributed by atoms with Gasteiger partial charge in [-0.15, -0.1) is 0 Å². The first-order valence-electron chi connectivity index (χ1n) is 9.21. The molecule has 3 rings (SSSR count). The van der Waals surface area contributed by atoms with Crippen molar-refractivity contribution >= 4 is 29.1 Å². The number of halogens is 2. The normalized spacial score (nSPS) is 10.5. The van der Waals surface area contributed by atoms with Crippen molar-refractivity contribution in [2.45, 2.75) is 13.2 Å². The lowest BCUT2D eigenvalue weighted by Gasteiger charge is -2.14. The predicted molar refractivity (Wildman–Crippen MR) is 117 cm³/mol. The van der Waals surface area contributed by atoms with Crippen molar-refractivity contribution in [3.63, 3.8) is 0 Å². The quantitative estimate of drug-likeness (QED) is 0.442. The molecular formula is C23H21Cl2NO4. The highest BCUT2D eigenvalue weighted by Gasteiger charge is 2.13. The predicted octanol–water partition coefficient (Wildman–Crippen LogP) is 5.49. The standard InChI is InChI=1S/C23H21Cl2NO4/c1-28-15-30-19-8-9-20(21(25)12-19)23(27)26-13-17-11-18(24)7-10-22(17)29-14-16-5-3-2-4-6-16/h2-12H,13-15H2,1H3,(H,26,27). The highest BCUT2D eigenvalue weighted by molar-refractivity contribution is 6.34. The average Bonchev–Trinajstić information content (AvgIpc) is 2.76. The molecule has 0 saturated carbocycles. The van der Waals surface area contributed by atoms with Crippen LogP contribution in [0.5, 0.6) is 11.5 Å². The van der Waals surface area contributed by atoms with Gasteiger partial charge in [0.15, 0.2) is 6.79 Å². The molecule has 0 aliphatic carbocycles. The molecule has 0 radical (unpaired) electrons. The Labute approximate surface area is 185 Å². The highest BCUT2D eigenvalue weighted by atomic mass is 35.5. The number of carbonyl (C=O) groups is 1. The van der Waals surface area contributed by atoms with Crippen LogP contribution in [-0.2, 0) is 17.9 Å². The van der Waals surface area contributed by atoms with E-state index in [-0.39, 0.29) is 24.3 Å². The molecule has 0 aliphatic rings. The first-order valence-corrected chi connectivity index (χ1v) is 9.97. The lowest BCUT2D eigenvalue weighted by Crippen LogP contribution is -2.23. The third kappa shape index (κ3) is 6.13. The molecule has 0 saturated heterocycles. The number of amides is 1. The third-order valence-corrected chi connectivity index (χ3v) is 4.78. The van der Waals surface area contributed by atoms with Gasteiger partial charge < -0.3 is 19.5 Å². The lowest BCUT2D eigenvalue weighted by atomic mass is 10.1. The number of hydrogen-bond donors (Lipinski definition) is 1. The highest BCUT2D eigenvalue weighted by Crippen LogP contribution is 2.25. The summed E-state index contributed by atoms with van der Waals surface area (Å²) in [5, 5.41) is 3.70. The van der Waals surface area contributed by atoms with Crippen LogP contribution < -0.4 is 14.8 Å². The second-order valence-corrected chi connectivity index (χ2v) is 7.25. The SMILES string of the molecule is COCOc1ccc(C(=O)NCc2cc(Cl)ccc2OCc2ccccc2)c(Cl)c1. The Hall–Kier alpha value is -2.73. The lowest BCUT2D eigenvalue weighted by molar-refractivity contribution is 0.0511. The summed E-state index contributed by atoms with van der Waals surface area (Å²) in [6.45, 7) is 0.752. The van der Waals surface area contributed by atoms with Gasteiger partial charge in [0.2, 0.25) is 0 Å². The van der Waals surface area contributed by atoms with E-state index in [0.717, 1.165) is 11.1 Å². The van der Waals surface area contributed by atoms with Gasteiger partial charge in [0.25, 0.3) is 5.91 Å². The van der Waals surface area contributed by atoms with E-state index >= 15 is 0 Å². The van der Waals surface area contributed by atoms with Gasteiger partial charge in [-0.05, 0) is 42.0 Å². The molecule has 1 amide bonds. The summed E-state index contributed by atoms with van der Waals surface area (Å²) < 4.78 is 16.1. The van der Waals surface area contributed by atoms with E-state index in [9.17, 15) is 4.79 Å². The zero-order valence-electron chi connectivity index (χ0n) is 16.4. The number of nitrogens with one attached hydrogen (secondary N) is 1. The fourth-order valence-corrected chi connectivity index (χ4v) is 3.18. The van der Waals surface area contributed by atoms with Crippen LogP contribution >= 0.6 is 23.2 Å². The second kappa shape index (κ2) is 10.9. The van der Waals surface area contributed by atoms with Gasteiger partial charge in [0.05, 0.1) is 10.6 Å². The molecule has 0 atom stereocenters. The molecule has 0 spiro atoms. The third-order valence-electron chi connectivity index (χ3n) is 4.23. The summed E-state index contributed by atoms with van der Waals surface area (Å²) in [6.07, 6.45) is 0. The Balaban J connectivity index is 1.66. The van der Waals surface area contributed by atoms with Crippen LogP contribution in [0.2, 0.25) is 10.0 Å². The first-order chi connectivity index (χ1) is 14.6. The molecule has 0 bridgehead atoms. The molecule has 3 aromatic carbocycles. The monoisotopic (exact) mass is 445 g/mol. The second-order valence-electron chi connectivity index (χ2n) is 6.40. The summed E-state index contributed by atoms with van der Waals surface area (Å²) in [5.74, 6) is 0.857. The molecule has 0 aliphatic heterocycles. The Morgan fingerprint density at radius 1 is 0.967 bits per heavy atom. The fraction of sp³-hybridized carbons (Fsp3) is 0.174. The van der Waals surface area contributed by atoms with Crippen LogP contribution in [-0.4, -0.2) is 19.8 Å². The Kier molecular flexibility index (Phi) is 7.97.